The summed E-state index contributed by atoms with van der Waals surface area (Å²) in [5.41, 5.74) is 3.32. The van der Waals surface area contributed by atoms with Gasteiger partial charge in [-0.1, -0.05) is 34.5 Å². The lowest BCUT2D eigenvalue weighted by molar-refractivity contribution is 0.177. The van der Waals surface area contributed by atoms with Crippen LogP contribution in [0.4, 0.5) is 0 Å². The Labute approximate surface area is 168 Å². The summed E-state index contributed by atoms with van der Waals surface area (Å²) in [7, 11) is 0. The first kappa shape index (κ1) is 16.4. The van der Waals surface area contributed by atoms with Crippen molar-refractivity contribution in [2.45, 2.75) is 19.6 Å². The van der Waals surface area contributed by atoms with E-state index in [1.165, 1.54) is 0 Å². The number of rotatable bonds is 2. The summed E-state index contributed by atoms with van der Waals surface area (Å²) in [4.78, 5) is 5.63. The molecule has 26 heavy (non-hydrogen) atoms. The van der Waals surface area contributed by atoms with Crippen LogP contribution in [0.15, 0.2) is 53.1 Å². The fourth-order valence-electron chi connectivity index (χ4n) is 3.43. The lowest BCUT2D eigenvalue weighted by Gasteiger charge is -2.29. The maximum absolute atomic E-state index is 6.45. The minimum Gasteiger partial charge on any atom is -0.464 e. The molecule has 0 radical (unpaired) electrons. The predicted octanol–water partition coefficient (Wildman–Crippen LogP) is 6.68. The third-order valence-corrected chi connectivity index (χ3v) is 6.51. The van der Waals surface area contributed by atoms with E-state index in [0.29, 0.717) is 0 Å². The Morgan fingerprint density at radius 2 is 2.12 bits per heavy atom. The molecule has 4 aromatic rings. The van der Waals surface area contributed by atoms with Gasteiger partial charge in [-0.05, 0) is 48.9 Å². The summed E-state index contributed by atoms with van der Waals surface area (Å²) in [5, 5.41) is 2.96. The third-order valence-electron chi connectivity index (χ3n) is 4.61. The summed E-state index contributed by atoms with van der Waals surface area (Å²) >= 11 is 11.5. The van der Waals surface area contributed by atoms with Crippen molar-refractivity contribution in [3.63, 3.8) is 0 Å². The number of halogens is 2. The van der Waals surface area contributed by atoms with Crippen LogP contribution in [-0.4, -0.2) is 9.55 Å². The second-order valence-electron chi connectivity index (χ2n) is 6.22. The summed E-state index contributed by atoms with van der Waals surface area (Å²) < 4.78 is 9.70. The van der Waals surface area contributed by atoms with E-state index in [0.717, 1.165) is 53.7 Å². The van der Waals surface area contributed by atoms with Gasteiger partial charge in [0.2, 0.25) is 6.23 Å². The highest BCUT2D eigenvalue weighted by Crippen LogP contribution is 2.46. The Morgan fingerprint density at radius 1 is 1.23 bits per heavy atom. The highest BCUT2D eigenvalue weighted by molar-refractivity contribution is 9.10. The molecule has 1 aliphatic rings. The molecule has 1 unspecified atom stereocenters. The number of aromatic nitrogens is 2. The third kappa shape index (κ3) is 2.49. The van der Waals surface area contributed by atoms with E-state index in [1.807, 2.05) is 30.5 Å². The van der Waals surface area contributed by atoms with E-state index in [2.05, 4.69) is 50.6 Å². The lowest BCUT2D eigenvalue weighted by Crippen LogP contribution is -2.21. The Kier molecular flexibility index (Phi) is 3.85. The maximum atomic E-state index is 6.45. The largest absolute Gasteiger partial charge is 0.464 e. The number of fused-ring (bicyclic) bond motifs is 5. The van der Waals surface area contributed by atoms with Gasteiger partial charge in [0.15, 0.2) is 0 Å². The van der Waals surface area contributed by atoms with Crippen LogP contribution < -0.4 is 4.74 Å². The molecule has 0 spiro atoms. The average molecular weight is 446 g/mol. The van der Waals surface area contributed by atoms with Crippen molar-refractivity contribution < 1.29 is 4.74 Å². The van der Waals surface area contributed by atoms with Crippen molar-refractivity contribution in [1.82, 2.24) is 9.55 Å². The number of hydrogen-bond acceptors (Lipinski definition) is 3. The van der Waals surface area contributed by atoms with Crippen molar-refractivity contribution in [2.24, 2.45) is 0 Å². The van der Waals surface area contributed by atoms with Gasteiger partial charge in [-0.15, -0.1) is 11.3 Å². The minimum absolute atomic E-state index is 0.233. The molecule has 0 amide bonds. The number of ether oxygens (including phenoxy) is 1. The number of nitrogens with zero attached hydrogens (tertiary/aromatic N) is 2. The quantitative estimate of drug-likeness (QED) is 0.344. The Bertz CT molecular complexity index is 1150. The number of thiazole rings is 1. The molecular formula is C20H14BrClN2OS. The topological polar surface area (TPSA) is 27.1 Å². The van der Waals surface area contributed by atoms with Gasteiger partial charge < -0.3 is 4.74 Å². The second-order valence-corrected chi connectivity index (χ2v) is 8.72. The van der Waals surface area contributed by atoms with Crippen molar-refractivity contribution in [2.75, 3.05) is 0 Å². The molecule has 0 N–H and O–H groups in total. The predicted molar refractivity (Wildman–Crippen MR) is 110 cm³/mol. The molecule has 6 heteroatoms. The summed E-state index contributed by atoms with van der Waals surface area (Å²) in [6.45, 7) is 2.12. The van der Waals surface area contributed by atoms with Gasteiger partial charge in [-0.3, -0.25) is 4.57 Å². The van der Waals surface area contributed by atoms with Crippen LogP contribution >= 0.6 is 38.9 Å². The SMILES string of the molecule is CCc1ncc(C2Oc3cc(Br)ccc3-c3cc4cc(Cl)ccc4n32)s1. The standard InChI is InChI=1S/C20H14BrClN2OS/c1-2-19-23-10-18(26-19)20-24-15-6-4-13(22)7-11(15)8-16(24)14-5-3-12(21)9-17(14)25-20/h3-10,20H,2H2,1H3. The zero-order valence-corrected chi connectivity index (χ0v) is 17.0. The van der Waals surface area contributed by atoms with Gasteiger partial charge in [0.1, 0.15) is 5.75 Å². The normalized spacial score (nSPS) is 15.6. The summed E-state index contributed by atoms with van der Waals surface area (Å²) in [6, 6.07) is 14.3. The first-order valence-corrected chi connectivity index (χ1v) is 10.3. The molecule has 0 bridgehead atoms. The number of hydrogen-bond donors (Lipinski definition) is 0. The minimum atomic E-state index is -0.233. The summed E-state index contributed by atoms with van der Waals surface area (Å²) in [6.07, 6.45) is 2.63. The van der Waals surface area contributed by atoms with Crippen molar-refractivity contribution in [3.05, 3.63) is 68.0 Å². The molecule has 3 heterocycles. The zero-order valence-electron chi connectivity index (χ0n) is 13.9. The van der Waals surface area contributed by atoms with Crippen molar-refractivity contribution in [3.8, 4) is 17.0 Å². The van der Waals surface area contributed by atoms with Crippen LogP contribution in [0.3, 0.4) is 0 Å². The van der Waals surface area contributed by atoms with E-state index in [4.69, 9.17) is 16.3 Å². The van der Waals surface area contributed by atoms with Crippen LogP contribution in [0.2, 0.25) is 5.02 Å². The second kappa shape index (κ2) is 6.12. The van der Waals surface area contributed by atoms with Gasteiger partial charge in [0.05, 0.1) is 21.1 Å². The molecule has 2 aromatic heterocycles. The van der Waals surface area contributed by atoms with Crippen LogP contribution in [0.25, 0.3) is 22.2 Å². The van der Waals surface area contributed by atoms with Crippen LogP contribution in [0.5, 0.6) is 5.75 Å². The number of aryl methyl sites for hydroxylation is 1. The molecule has 0 fully saturated rings. The number of benzene rings is 2. The molecule has 5 rings (SSSR count). The van der Waals surface area contributed by atoms with Gasteiger partial charge in [0, 0.05) is 26.6 Å². The lowest BCUT2D eigenvalue weighted by atomic mass is 10.1. The molecule has 3 nitrogen and oxygen atoms in total. The molecule has 1 aliphatic heterocycles. The smallest absolute Gasteiger partial charge is 0.213 e. The van der Waals surface area contributed by atoms with E-state index in [-0.39, 0.29) is 6.23 Å². The first-order valence-electron chi connectivity index (χ1n) is 8.35. The Balaban J connectivity index is 1.80. The van der Waals surface area contributed by atoms with Crippen LogP contribution in [0.1, 0.15) is 23.0 Å². The molecule has 0 saturated carbocycles. The molecule has 130 valence electrons. The van der Waals surface area contributed by atoms with Crippen molar-refractivity contribution >= 4 is 49.8 Å². The maximum Gasteiger partial charge on any atom is 0.213 e. The monoisotopic (exact) mass is 444 g/mol. The van der Waals surface area contributed by atoms with Gasteiger partial charge >= 0.3 is 0 Å². The highest BCUT2D eigenvalue weighted by atomic mass is 79.9. The molecule has 1 atom stereocenters. The first-order chi connectivity index (χ1) is 12.6. The fraction of sp³-hybridized carbons (Fsp3) is 0.150. The van der Waals surface area contributed by atoms with Crippen LogP contribution in [-0.2, 0) is 6.42 Å². The van der Waals surface area contributed by atoms with Crippen molar-refractivity contribution in [1.29, 1.82) is 0 Å². The molecule has 0 aliphatic carbocycles. The van der Waals surface area contributed by atoms with Gasteiger partial charge in [0.25, 0.3) is 0 Å². The Morgan fingerprint density at radius 3 is 2.92 bits per heavy atom. The Hall–Kier alpha value is -1.82. The molecular weight excluding hydrogens is 432 g/mol. The van der Waals surface area contributed by atoms with E-state index in [9.17, 15) is 0 Å². The zero-order chi connectivity index (χ0) is 17.8. The molecule has 0 saturated heterocycles. The molecule has 2 aromatic carbocycles. The van der Waals surface area contributed by atoms with E-state index >= 15 is 0 Å². The van der Waals surface area contributed by atoms with Gasteiger partial charge in [-0.25, -0.2) is 4.98 Å². The van der Waals surface area contributed by atoms with E-state index in [1.54, 1.807) is 11.3 Å². The fourth-order valence-corrected chi connectivity index (χ4v) is 4.83. The van der Waals surface area contributed by atoms with E-state index < -0.39 is 0 Å². The van der Waals surface area contributed by atoms with Gasteiger partial charge in [-0.2, -0.15) is 0 Å². The van der Waals surface area contributed by atoms with Crippen LogP contribution in [0, 0.1) is 0 Å². The summed E-state index contributed by atoms with van der Waals surface area (Å²) in [5.74, 6) is 0.872. The average Bonchev–Trinajstić information content (AvgIpc) is 3.25. The highest BCUT2D eigenvalue weighted by Gasteiger charge is 2.30.